The number of ether oxygens (including phenoxy) is 1. The zero-order chi connectivity index (χ0) is 18.5. The molecule has 0 saturated heterocycles. The van der Waals surface area contributed by atoms with Crippen LogP contribution in [0.2, 0.25) is 0 Å². The van der Waals surface area contributed by atoms with E-state index in [1.54, 1.807) is 12.7 Å². The van der Waals surface area contributed by atoms with E-state index in [1.165, 1.54) is 38.5 Å². The van der Waals surface area contributed by atoms with Gasteiger partial charge in [0.1, 0.15) is 5.60 Å². The monoisotopic (exact) mass is 356 g/mol. The number of rotatable bonds is 2. The molecule has 2 nitrogen and oxygen atoms in total. The number of hydrogen-bond donors (Lipinski definition) is 1. The van der Waals surface area contributed by atoms with E-state index < -0.39 is 5.60 Å². The first kappa shape index (κ1) is 18.6. The van der Waals surface area contributed by atoms with Gasteiger partial charge in [-0.1, -0.05) is 30.9 Å². The Labute approximate surface area is 159 Å². The third-order valence-corrected chi connectivity index (χ3v) is 8.64. The van der Waals surface area contributed by atoms with E-state index in [1.807, 2.05) is 12.5 Å². The molecule has 2 fully saturated rings. The molecule has 0 aromatic heterocycles. The third kappa shape index (κ3) is 2.39. The Morgan fingerprint density at radius 1 is 1.23 bits per heavy atom. The van der Waals surface area contributed by atoms with Crippen molar-refractivity contribution in [1.29, 1.82) is 0 Å². The predicted octanol–water partition coefficient (Wildman–Crippen LogP) is 4.97. The highest BCUT2D eigenvalue weighted by atomic mass is 16.5. The summed E-state index contributed by atoms with van der Waals surface area (Å²) in [5.41, 5.74) is 2.55. The average molecular weight is 357 g/mol. The van der Waals surface area contributed by atoms with E-state index >= 15 is 0 Å². The Kier molecular flexibility index (Phi) is 4.77. The summed E-state index contributed by atoms with van der Waals surface area (Å²) < 4.78 is 5.76. The normalized spacial score (nSPS) is 47.5. The third-order valence-electron chi connectivity index (χ3n) is 8.64. The van der Waals surface area contributed by atoms with Crippen molar-refractivity contribution in [3.05, 3.63) is 11.1 Å². The van der Waals surface area contributed by atoms with Gasteiger partial charge in [-0.3, -0.25) is 0 Å². The van der Waals surface area contributed by atoms with Crippen LogP contribution in [-0.2, 0) is 4.74 Å². The van der Waals surface area contributed by atoms with Crippen molar-refractivity contribution in [3.63, 3.8) is 0 Å². The summed E-state index contributed by atoms with van der Waals surface area (Å²) in [6.45, 7) is 7.21. The number of hydrogen-bond acceptors (Lipinski definition) is 2. The van der Waals surface area contributed by atoms with E-state index in [9.17, 15) is 5.11 Å². The summed E-state index contributed by atoms with van der Waals surface area (Å²) in [5.74, 6) is 9.28. The van der Waals surface area contributed by atoms with Crippen molar-refractivity contribution in [3.8, 4) is 11.8 Å². The van der Waals surface area contributed by atoms with Gasteiger partial charge in [-0.05, 0) is 87.9 Å². The summed E-state index contributed by atoms with van der Waals surface area (Å²) in [7, 11) is 1.80. The van der Waals surface area contributed by atoms with E-state index in [0.29, 0.717) is 18.4 Å². The molecule has 3 unspecified atom stereocenters. The van der Waals surface area contributed by atoms with Crippen LogP contribution < -0.4 is 0 Å². The van der Waals surface area contributed by atoms with Crippen LogP contribution in [0.15, 0.2) is 11.1 Å². The minimum atomic E-state index is -0.895. The van der Waals surface area contributed by atoms with Crippen molar-refractivity contribution in [2.24, 2.45) is 35.0 Å². The second-order valence-electron chi connectivity index (χ2n) is 9.71. The highest BCUT2D eigenvalue weighted by Crippen LogP contribution is 2.66. The lowest BCUT2D eigenvalue weighted by Gasteiger charge is -2.56. The summed E-state index contributed by atoms with van der Waals surface area (Å²) in [6.07, 6.45) is 10.1. The fourth-order valence-corrected chi connectivity index (χ4v) is 7.72. The van der Waals surface area contributed by atoms with Crippen LogP contribution in [0, 0.1) is 46.8 Å². The second kappa shape index (κ2) is 6.68. The Bertz CT molecular complexity index is 653. The Morgan fingerprint density at radius 2 is 2.00 bits per heavy atom. The smallest absolute Gasteiger partial charge is 0.136 e. The van der Waals surface area contributed by atoms with Gasteiger partial charge in [-0.25, -0.2) is 0 Å². The van der Waals surface area contributed by atoms with E-state index in [4.69, 9.17) is 4.74 Å². The number of fused-ring (bicyclic) bond motifs is 4. The van der Waals surface area contributed by atoms with E-state index in [0.717, 1.165) is 24.7 Å². The van der Waals surface area contributed by atoms with Crippen LogP contribution in [0.25, 0.3) is 0 Å². The Hall–Kier alpha value is -0.780. The molecular formula is C24H36O2. The fourth-order valence-electron chi connectivity index (χ4n) is 7.72. The number of aliphatic hydroxyl groups is 1. The molecule has 1 N–H and O–H groups in total. The molecule has 0 aromatic carbocycles. The SMILES string of the molecule is CC#CC1(O)C(C)C[C@H]2[C@@H]3C(C)CC4=C(CCCC4)[C@H]3CC[C@@]21COC. The summed E-state index contributed by atoms with van der Waals surface area (Å²) in [6, 6.07) is 0. The zero-order valence-electron chi connectivity index (χ0n) is 17.1. The van der Waals surface area contributed by atoms with Crippen molar-refractivity contribution in [2.45, 2.75) is 77.7 Å². The first-order valence-corrected chi connectivity index (χ1v) is 10.8. The van der Waals surface area contributed by atoms with Crippen molar-refractivity contribution in [2.75, 3.05) is 13.7 Å². The molecule has 0 bridgehead atoms. The lowest BCUT2D eigenvalue weighted by molar-refractivity contribution is -0.133. The van der Waals surface area contributed by atoms with Gasteiger partial charge in [-0.2, -0.15) is 0 Å². The van der Waals surface area contributed by atoms with Crippen LogP contribution in [0.5, 0.6) is 0 Å². The maximum atomic E-state index is 11.8. The quantitative estimate of drug-likeness (QED) is 0.559. The van der Waals surface area contributed by atoms with Gasteiger partial charge < -0.3 is 9.84 Å². The molecule has 0 heterocycles. The molecule has 0 aliphatic heterocycles. The topological polar surface area (TPSA) is 29.5 Å². The highest BCUT2D eigenvalue weighted by Gasteiger charge is 2.67. The maximum absolute atomic E-state index is 11.8. The summed E-state index contributed by atoms with van der Waals surface area (Å²) in [5, 5.41) is 11.8. The molecule has 0 aromatic rings. The highest BCUT2D eigenvalue weighted by molar-refractivity contribution is 5.32. The molecule has 0 amide bonds. The van der Waals surface area contributed by atoms with Gasteiger partial charge in [-0.15, -0.1) is 5.92 Å². The summed E-state index contributed by atoms with van der Waals surface area (Å²) in [4.78, 5) is 0. The van der Waals surface area contributed by atoms with Crippen LogP contribution >= 0.6 is 0 Å². The van der Waals surface area contributed by atoms with E-state index in [2.05, 4.69) is 25.7 Å². The molecule has 4 aliphatic carbocycles. The van der Waals surface area contributed by atoms with Crippen molar-refractivity contribution in [1.82, 2.24) is 0 Å². The largest absolute Gasteiger partial charge is 0.384 e. The van der Waals surface area contributed by atoms with Crippen LogP contribution in [0.3, 0.4) is 0 Å². The molecule has 4 rings (SSSR count). The molecule has 26 heavy (non-hydrogen) atoms. The molecule has 4 aliphatic rings. The molecule has 2 saturated carbocycles. The van der Waals surface area contributed by atoms with E-state index in [-0.39, 0.29) is 11.3 Å². The number of methoxy groups -OCH3 is 1. The van der Waals surface area contributed by atoms with Gasteiger partial charge in [0.05, 0.1) is 6.61 Å². The van der Waals surface area contributed by atoms with Gasteiger partial charge in [0.2, 0.25) is 0 Å². The van der Waals surface area contributed by atoms with Gasteiger partial charge in [0.15, 0.2) is 0 Å². The maximum Gasteiger partial charge on any atom is 0.136 e. The number of allylic oxidation sites excluding steroid dienone is 2. The van der Waals surface area contributed by atoms with Gasteiger partial charge in [0.25, 0.3) is 0 Å². The van der Waals surface area contributed by atoms with Gasteiger partial charge in [0, 0.05) is 12.5 Å². The molecule has 0 spiro atoms. The van der Waals surface area contributed by atoms with Gasteiger partial charge >= 0.3 is 0 Å². The molecule has 7 atom stereocenters. The lowest BCUT2D eigenvalue weighted by atomic mass is 9.50. The van der Waals surface area contributed by atoms with Crippen LogP contribution in [0.4, 0.5) is 0 Å². The standard InChI is InChI=1S/C24H36O2/c1-5-11-24(25)17(3)14-21-22-16(2)13-18-8-6-7-9-19(18)20(22)10-12-23(21,24)15-26-4/h16-17,20-22,25H,6-10,12-15H2,1-4H3/t16?,17?,20-,21+,22-,23-,24?/m1/s1. The minimum absolute atomic E-state index is 0.188. The molecular weight excluding hydrogens is 320 g/mol. The predicted molar refractivity (Wildman–Crippen MR) is 105 cm³/mol. The molecule has 2 heteroatoms. The summed E-state index contributed by atoms with van der Waals surface area (Å²) >= 11 is 0. The second-order valence-corrected chi connectivity index (χ2v) is 9.71. The lowest BCUT2D eigenvalue weighted by Crippen LogP contribution is -2.57. The van der Waals surface area contributed by atoms with Crippen LogP contribution in [-0.4, -0.2) is 24.4 Å². The first-order valence-electron chi connectivity index (χ1n) is 10.8. The Morgan fingerprint density at radius 3 is 2.73 bits per heavy atom. The first-order chi connectivity index (χ1) is 12.5. The molecule has 0 radical (unpaired) electrons. The molecule has 144 valence electrons. The Balaban J connectivity index is 1.77. The minimum Gasteiger partial charge on any atom is -0.384 e. The average Bonchev–Trinajstić information content (AvgIpc) is 2.83. The fraction of sp³-hybridized carbons (Fsp3) is 0.833. The van der Waals surface area contributed by atoms with Crippen molar-refractivity contribution >= 4 is 0 Å². The van der Waals surface area contributed by atoms with Crippen molar-refractivity contribution < 1.29 is 9.84 Å². The van der Waals surface area contributed by atoms with Crippen LogP contribution in [0.1, 0.15) is 72.1 Å². The zero-order valence-corrected chi connectivity index (χ0v) is 17.1.